The van der Waals surface area contributed by atoms with Gasteiger partial charge in [0.05, 0.1) is 35.4 Å². The molecule has 5 rings (SSSR count). The summed E-state index contributed by atoms with van der Waals surface area (Å²) in [4.78, 5) is 31.7. The molecule has 0 saturated carbocycles. The Hall–Kier alpha value is -2.88. The Labute approximate surface area is 220 Å². The molecule has 37 heavy (non-hydrogen) atoms. The third-order valence-corrected chi connectivity index (χ3v) is 7.96. The second kappa shape index (κ2) is 9.78. The van der Waals surface area contributed by atoms with Crippen molar-refractivity contribution in [2.24, 2.45) is 11.3 Å². The normalized spacial score (nSPS) is 23.8. The minimum absolute atomic E-state index is 0.169. The number of rotatable bonds is 6. The largest absolute Gasteiger partial charge is 0.369 e. The topological polar surface area (TPSA) is 88.8 Å². The first kappa shape index (κ1) is 25.8. The van der Waals surface area contributed by atoms with Crippen LogP contribution in [-0.4, -0.2) is 63.3 Å². The number of aryl methyl sites for hydroxylation is 1. The zero-order chi connectivity index (χ0) is 26.5. The van der Waals surface area contributed by atoms with Crippen molar-refractivity contribution in [2.45, 2.75) is 52.9 Å². The Morgan fingerprint density at radius 2 is 1.97 bits per heavy atom. The van der Waals surface area contributed by atoms with Gasteiger partial charge in [0.25, 0.3) is 0 Å². The predicted molar refractivity (Wildman–Crippen MR) is 138 cm³/mol. The molecule has 0 radical (unpaired) electrons. The Balaban J connectivity index is 1.51. The van der Waals surface area contributed by atoms with Gasteiger partial charge in [0.1, 0.15) is 13.0 Å². The summed E-state index contributed by atoms with van der Waals surface area (Å²) < 4.78 is 20.9. The molecule has 0 aliphatic carbocycles. The maximum absolute atomic E-state index is 13.3. The summed E-state index contributed by atoms with van der Waals surface area (Å²) in [5.74, 6) is -0.721. The maximum Gasteiger partial charge on any atom is 0.235 e. The number of benzene rings is 1. The van der Waals surface area contributed by atoms with Crippen LogP contribution in [0.3, 0.4) is 0 Å². The van der Waals surface area contributed by atoms with E-state index in [-0.39, 0.29) is 30.4 Å². The summed E-state index contributed by atoms with van der Waals surface area (Å²) in [6, 6.07) is 5.68. The molecule has 2 aliphatic heterocycles. The lowest BCUT2D eigenvalue weighted by molar-refractivity contribution is -0.141. The highest BCUT2D eigenvalue weighted by Crippen LogP contribution is 2.38. The minimum Gasteiger partial charge on any atom is -0.369 e. The van der Waals surface area contributed by atoms with Gasteiger partial charge in [-0.05, 0) is 41.8 Å². The summed E-state index contributed by atoms with van der Waals surface area (Å²) >= 11 is 6.48. The molecule has 4 heterocycles. The van der Waals surface area contributed by atoms with Crippen molar-refractivity contribution in [3.05, 3.63) is 52.4 Å². The molecule has 0 bridgehead atoms. The molecule has 196 valence electrons. The number of amides is 2. The quantitative estimate of drug-likeness (QED) is 0.491. The van der Waals surface area contributed by atoms with Gasteiger partial charge in [0, 0.05) is 42.2 Å². The first-order valence-corrected chi connectivity index (χ1v) is 12.9. The second-order valence-electron chi connectivity index (χ2n) is 10.6. The van der Waals surface area contributed by atoms with Crippen LogP contribution in [0.5, 0.6) is 0 Å². The molecule has 1 N–H and O–H groups in total. The van der Waals surface area contributed by atoms with E-state index in [0.717, 1.165) is 27.8 Å². The molecule has 3 unspecified atom stereocenters. The lowest BCUT2D eigenvalue weighted by atomic mass is 9.82. The Bertz CT molecular complexity index is 1370. The summed E-state index contributed by atoms with van der Waals surface area (Å²) in [6.45, 7) is 8.16. The zero-order valence-electron chi connectivity index (χ0n) is 21.4. The van der Waals surface area contributed by atoms with E-state index in [1.165, 1.54) is 11.2 Å². The van der Waals surface area contributed by atoms with Gasteiger partial charge in [0.15, 0.2) is 0 Å². The van der Waals surface area contributed by atoms with E-state index in [4.69, 9.17) is 16.3 Å². The number of fused-ring (bicyclic) bond motifs is 1. The Kier molecular flexibility index (Phi) is 6.81. The Morgan fingerprint density at radius 3 is 2.68 bits per heavy atom. The van der Waals surface area contributed by atoms with Crippen LogP contribution in [0.4, 0.5) is 4.39 Å². The van der Waals surface area contributed by atoms with Crippen LogP contribution in [0.1, 0.15) is 37.5 Å². The average Bonchev–Trinajstić information content (AvgIpc) is 3.35. The number of hydrogen-bond donors (Lipinski definition) is 1. The molecule has 2 aromatic heterocycles. The third-order valence-electron chi connectivity index (χ3n) is 7.74. The van der Waals surface area contributed by atoms with Gasteiger partial charge in [-0.15, -0.1) is 0 Å². The molecular formula is C27H31ClFN5O3. The van der Waals surface area contributed by atoms with E-state index >= 15 is 0 Å². The van der Waals surface area contributed by atoms with Crippen molar-refractivity contribution >= 4 is 28.9 Å². The van der Waals surface area contributed by atoms with Crippen LogP contribution in [0.2, 0.25) is 5.02 Å². The molecule has 3 aromatic rings. The third kappa shape index (κ3) is 4.64. The maximum atomic E-state index is 13.3. The summed E-state index contributed by atoms with van der Waals surface area (Å²) in [6.07, 6.45) is 3.20. The molecule has 0 spiro atoms. The number of morpholine rings is 1. The van der Waals surface area contributed by atoms with Crippen LogP contribution in [0, 0.1) is 18.3 Å². The highest BCUT2D eigenvalue weighted by Gasteiger charge is 2.50. The minimum atomic E-state index is -0.731. The second-order valence-corrected chi connectivity index (χ2v) is 11.0. The van der Waals surface area contributed by atoms with E-state index in [2.05, 4.69) is 15.4 Å². The molecule has 2 aliphatic rings. The van der Waals surface area contributed by atoms with E-state index in [9.17, 15) is 14.0 Å². The number of hydrogen-bond acceptors (Lipinski definition) is 6. The number of ether oxygens (including phenoxy) is 1. The summed E-state index contributed by atoms with van der Waals surface area (Å²) in [5, 5.41) is 8.19. The number of carbonyl (C=O) groups is 2. The molecule has 10 heteroatoms. The fraction of sp³-hybridized carbons (Fsp3) is 0.481. The smallest absolute Gasteiger partial charge is 0.235 e. The van der Waals surface area contributed by atoms with Crippen LogP contribution in [-0.2, 0) is 27.3 Å². The van der Waals surface area contributed by atoms with Crippen molar-refractivity contribution in [1.82, 2.24) is 24.8 Å². The van der Waals surface area contributed by atoms with E-state index in [1.807, 2.05) is 45.2 Å². The van der Waals surface area contributed by atoms with Gasteiger partial charge >= 0.3 is 0 Å². The molecule has 2 saturated heterocycles. The van der Waals surface area contributed by atoms with E-state index < -0.39 is 18.2 Å². The van der Waals surface area contributed by atoms with Gasteiger partial charge in [-0.1, -0.05) is 32.4 Å². The number of nitrogens with one attached hydrogen (secondary N) is 1. The lowest BCUT2D eigenvalue weighted by Gasteiger charge is -2.30. The van der Waals surface area contributed by atoms with E-state index in [0.29, 0.717) is 30.2 Å². The highest BCUT2D eigenvalue weighted by atomic mass is 35.5. The molecule has 1 aromatic carbocycles. The van der Waals surface area contributed by atoms with Crippen LogP contribution in [0.25, 0.3) is 16.8 Å². The SMILES string of the molecule is Cc1cc(Cl)cc(-c2ncnn3cc(CN4C(=O)C(C)C(C)(C)C4=O)cc23)c1CC1CNCC(CF)O1. The first-order chi connectivity index (χ1) is 17.6. The van der Waals surface area contributed by atoms with Gasteiger partial charge in [-0.25, -0.2) is 13.9 Å². The number of nitrogens with zero attached hydrogens (tertiary/aromatic N) is 4. The number of aromatic nitrogens is 3. The zero-order valence-corrected chi connectivity index (χ0v) is 22.2. The number of likely N-dealkylation sites (tertiary alicyclic amines) is 1. The molecular weight excluding hydrogens is 497 g/mol. The van der Waals surface area contributed by atoms with Crippen LogP contribution >= 0.6 is 11.6 Å². The van der Waals surface area contributed by atoms with Crippen molar-refractivity contribution in [1.29, 1.82) is 0 Å². The molecule has 2 fully saturated rings. The fourth-order valence-electron chi connectivity index (χ4n) is 5.25. The van der Waals surface area contributed by atoms with Gasteiger partial charge in [0.2, 0.25) is 11.8 Å². The van der Waals surface area contributed by atoms with Gasteiger partial charge < -0.3 is 10.1 Å². The number of halogens is 2. The highest BCUT2D eigenvalue weighted by molar-refractivity contribution is 6.31. The number of alkyl halides is 1. The summed E-state index contributed by atoms with van der Waals surface area (Å²) in [5.41, 5.74) is 4.30. The monoisotopic (exact) mass is 527 g/mol. The molecule has 3 atom stereocenters. The standard InChI is InChI=1S/C27H31ClFN5O3/c1-15-5-18(28)7-22(21(15)8-19-10-30-11-20(9-29)37-19)24-23-6-17(13-34(23)32-14-31-24)12-33-25(35)16(2)27(3,4)26(33)36/h5-7,13-14,16,19-20,30H,8-12H2,1-4H3. The van der Waals surface area contributed by atoms with E-state index in [1.54, 1.807) is 11.4 Å². The predicted octanol–water partition coefficient (Wildman–Crippen LogP) is 3.76. The van der Waals surface area contributed by atoms with Gasteiger partial charge in [-0.3, -0.25) is 14.5 Å². The molecule has 2 amide bonds. The summed E-state index contributed by atoms with van der Waals surface area (Å²) in [7, 11) is 0. The number of carbonyl (C=O) groups excluding carboxylic acids is 2. The van der Waals surface area contributed by atoms with Crippen molar-refractivity contribution in [3.8, 4) is 11.3 Å². The van der Waals surface area contributed by atoms with Crippen LogP contribution < -0.4 is 5.32 Å². The number of imide groups is 1. The average molecular weight is 528 g/mol. The van der Waals surface area contributed by atoms with Gasteiger partial charge in [-0.2, -0.15) is 5.10 Å². The fourth-order valence-corrected chi connectivity index (χ4v) is 5.53. The Morgan fingerprint density at radius 1 is 1.22 bits per heavy atom. The van der Waals surface area contributed by atoms with Crippen molar-refractivity contribution in [2.75, 3.05) is 19.8 Å². The van der Waals surface area contributed by atoms with Crippen LogP contribution in [0.15, 0.2) is 30.7 Å². The van der Waals surface area contributed by atoms with Crippen molar-refractivity contribution < 1.29 is 18.7 Å². The first-order valence-electron chi connectivity index (χ1n) is 12.5. The van der Waals surface area contributed by atoms with Crippen molar-refractivity contribution in [3.63, 3.8) is 0 Å². The lowest BCUT2D eigenvalue weighted by Crippen LogP contribution is -2.46. The molecule has 8 nitrogen and oxygen atoms in total.